The number of carbonyl (C=O) groups is 1. The summed E-state index contributed by atoms with van der Waals surface area (Å²) in [7, 11) is 3.95. The maximum Gasteiger partial charge on any atom is 0.414 e. The summed E-state index contributed by atoms with van der Waals surface area (Å²) in [6.45, 7) is 11.0. The second-order valence-corrected chi connectivity index (χ2v) is 14.5. The Balaban J connectivity index is 1.27. The molecule has 0 spiro atoms. The van der Waals surface area contributed by atoms with Crippen LogP contribution in [0.4, 0.5) is 16.3 Å². The molecule has 1 amide bonds. The van der Waals surface area contributed by atoms with Crippen molar-refractivity contribution in [1.82, 2.24) is 9.97 Å². The summed E-state index contributed by atoms with van der Waals surface area (Å²) >= 11 is 3.86. The van der Waals surface area contributed by atoms with Crippen LogP contribution in [0.25, 0.3) is 31.9 Å². The molecule has 4 rings (SSSR count). The third-order valence-electron chi connectivity index (χ3n) is 7.14. The van der Waals surface area contributed by atoms with Gasteiger partial charge in [-0.2, -0.15) is 0 Å². The molecule has 13 heteroatoms. The molecule has 0 aliphatic carbocycles. The molecular formula is C37H49IN4O7S. The fourth-order valence-electron chi connectivity index (χ4n) is 4.67. The molecular weight excluding hydrogens is 771 g/mol. The van der Waals surface area contributed by atoms with E-state index < -0.39 is 11.7 Å². The van der Waals surface area contributed by atoms with E-state index in [9.17, 15) is 4.79 Å². The highest BCUT2D eigenvalue weighted by Gasteiger charge is 2.24. The number of hydrogen-bond acceptors (Lipinski definition) is 11. The first-order valence-corrected chi connectivity index (χ1v) is 19.1. The second-order valence-electron chi connectivity index (χ2n) is 12.4. The number of fused-ring (bicyclic) bond motifs is 1. The number of amides is 1. The van der Waals surface area contributed by atoms with Gasteiger partial charge in [0.25, 0.3) is 0 Å². The van der Waals surface area contributed by atoms with Crippen LogP contribution in [-0.4, -0.2) is 113 Å². The van der Waals surface area contributed by atoms with Gasteiger partial charge in [0.15, 0.2) is 0 Å². The number of rotatable bonds is 21. The number of halogens is 1. The zero-order valence-electron chi connectivity index (χ0n) is 29.7. The van der Waals surface area contributed by atoms with Crippen LogP contribution in [0.2, 0.25) is 0 Å². The number of carbonyl (C=O) groups excluding carboxylic acids is 1. The molecule has 50 heavy (non-hydrogen) atoms. The predicted octanol–water partition coefficient (Wildman–Crippen LogP) is 7.35. The van der Waals surface area contributed by atoms with Gasteiger partial charge in [-0.05, 0) is 56.7 Å². The summed E-state index contributed by atoms with van der Waals surface area (Å²) in [6, 6.07) is 18.3. The highest BCUT2D eigenvalue weighted by Crippen LogP contribution is 2.34. The third-order valence-corrected chi connectivity index (χ3v) is 8.65. The minimum Gasteiger partial charge on any atom is -0.443 e. The van der Waals surface area contributed by atoms with Crippen LogP contribution < -0.4 is 9.80 Å². The number of anilines is 2. The number of pyridine rings is 1. The maximum absolute atomic E-state index is 13.3. The monoisotopic (exact) mass is 820 g/mol. The fraction of sp³-hybridized carbons (Fsp3) is 0.486. The van der Waals surface area contributed by atoms with Crippen LogP contribution in [0.1, 0.15) is 20.8 Å². The van der Waals surface area contributed by atoms with Gasteiger partial charge >= 0.3 is 6.09 Å². The van der Waals surface area contributed by atoms with Gasteiger partial charge in [0.05, 0.1) is 82.8 Å². The Labute approximate surface area is 313 Å². The lowest BCUT2D eigenvalue weighted by atomic mass is 10.1. The molecule has 0 saturated heterocycles. The van der Waals surface area contributed by atoms with Crippen molar-refractivity contribution in [2.75, 3.05) is 101 Å². The fourth-order valence-corrected chi connectivity index (χ4v) is 5.98. The zero-order chi connectivity index (χ0) is 35.8. The van der Waals surface area contributed by atoms with Crippen LogP contribution in [-0.2, 0) is 28.4 Å². The van der Waals surface area contributed by atoms with Crippen LogP contribution in [0.15, 0.2) is 60.8 Å². The molecule has 0 radical (unpaired) electrons. The third kappa shape index (κ3) is 13.3. The summed E-state index contributed by atoms with van der Waals surface area (Å²) < 4.78 is 35.5. The number of thiazole rings is 1. The molecule has 0 fully saturated rings. The van der Waals surface area contributed by atoms with E-state index in [-0.39, 0.29) is 0 Å². The predicted molar refractivity (Wildman–Crippen MR) is 209 cm³/mol. The molecule has 11 nitrogen and oxygen atoms in total. The van der Waals surface area contributed by atoms with Crippen LogP contribution >= 0.6 is 33.9 Å². The Morgan fingerprint density at radius 2 is 1.30 bits per heavy atom. The van der Waals surface area contributed by atoms with Gasteiger partial charge in [-0.15, -0.1) is 11.3 Å². The zero-order valence-corrected chi connectivity index (χ0v) is 32.7. The lowest BCUT2D eigenvalue weighted by Crippen LogP contribution is -2.39. The Bertz CT molecular complexity index is 1580. The first-order valence-electron chi connectivity index (χ1n) is 16.7. The molecule has 272 valence electrons. The molecule has 2 aromatic carbocycles. The Morgan fingerprint density at radius 3 is 1.84 bits per heavy atom. The Morgan fingerprint density at radius 1 is 0.740 bits per heavy atom. The lowest BCUT2D eigenvalue weighted by molar-refractivity contribution is -0.00960. The topological polar surface area (TPSA) is 105 Å². The molecule has 4 aromatic rings. The largest absolute Gasteiger partial charge is 0.443 e. The van der Waals surface area contributed by atoms with Crippen LogP contribution in [0, 0.1) is 0 Å². The van der Waals surface area contributed by atoms with Crippen molar-refractivity contribution in [1.29, 1.82) is 0 Å². The standard InChI is InChI=1S/C37H49IN4O7S/c1-37(2,3)49-36(43)42(15-17-45-19-21-47-23-25-48-24-22-46-20-18-44-16-14-38)31-11-12-32-33(26-31)50-35(40-32)29-8-6-28(7-9-29)30-10-13-34(39-27-30)41(4)5/h6-13,26-27H,14-25H2,1-5H3. The van der Waals surface area contributed by atoms with Gasteiger partial charge in [-0.3, -0.25) is 4.90 Å². The molecule has 0 aliphatic rings. The summed E-state index contributed by atoms with van der Waals surface area (Å²) in [5, 5.41) is 0.906. The van der Waals surface area contributed by atoms with Gasteiger partial charge in [0.2, 0.25) is 0 Å². The number of ether oxygens (including phenoxy) is 6. The number of nitrogens with zero attached hydrogens (tertiary/aromatic N) is 4. The molecule has 2 aromatic heterocycles. The van der Waals surface area contributed by atoms with Gasteiger partial charge in [0.1, 0.15) is 16.4 Å². The van der Waals surface area contributed by atoms with Crippen molar-refractivity contribution in [3.8, 4) is 21.7 Å². The minimum atomic E-state index is -0.639. The van der Waals surface area contributed by atoms with E-state index in [1.807, 2.05) is 70.2 Å². The van der Waals surface area contributed by atoms with Gasteiger partial charge in [0, 0.05) is 41.5 Å². The highest BCUT2D eigenvalue weighted by molar-refractivity contribution is 14.1. The number of benzene rings is 2. The SMILES string of the molecule is CN(C)c1ccc(-c2ccc(-c3nc4ccc(N(CCOCCOCCOCCOCCOCCI)C(=O)OC(C)(C)C)cc4s3)cc2)cn1. The lowest BCUT2D eigenvalue weighted by Gasteiger charge is -2.27. The van der Waals surface area contributed by atoms with E-state index in [1.54, 1.807) is 16.2 Å². The average Bonchev–Trinajstić information content (AvgIpc) is 3.53. The summed E-state index contributed by atoms with van der Waals surface area (Å²) in [6.07, 6.45) is 1.46. The van der Waals surface area contributed by atoms with E-state index in [1.165, 1.54) is 0 Å². The maximum atomic E-state index is 13.3. The van der Waals surface area contributed by atoms with Gasteiger partial charge in [-0.25, -0.2) is 14.8 Å². The molecule has 0 bridgehead atoms. The highest BCUT2D eigenvalue weighted by atomic mass is 127. The first kappa shape index (κ1) is 39.9. The summed E-state index contributed by atoms with van der Waals surface area (Å²) in [5.74, 6) is 0.918. The first-order chi connectivity index (χ1) is 24.1. The van der Waals surface area contributed by atoms with Crippen molar-refractivity contribution in [3.63, 3.8) is 0 Å². The molecule has 0 atom stereocenters. The van der Waals surface area contributed by atoms with Crippen molar-refractivity contribution in [2.24, 2.45) is 0 Å². The number of alkyl halides is 1. The Hall–Kier alpha value is -2.92. The van der Waals surface area contributed by atoms with Crippen molar-refractivity contribution in [2.45, 2.75) is 26.4 Å². The Kier molecular flexibility index (Phi) is 16.6. The molecule has 0 aliphatic heterocycles. The van der Waals surface area contributed by atoms with E-state index in [0.717, 1.165) is 54.5 Å². The van der Waals surface area contributed by atoms with E-state index in [0.29, 0.717) is 66.0 Å². The molecule has 0 unspecified atom stereocenters. The van der Waals surface area contributed by atoms with Crippen LogP contribution in [0.5, 0.6) is 0 Å². The number of aromatic nitrogens is 2. The normalized spacial score (nSPS) is 11.6. The van der Waals surface area contributed by atoms with Crippen molar-refractivity contribution < 1.29 is 33.2 Å². The van der Waals surface area contributed by atoms with Gasteiger partial charge in [-0.1, -0.05) is 46.9 Å². The molecule has 0 saturated carbocycles. The minimum absolute atomic E-state index is 0.323. The summed E-state index contributed by atoms with van der Waals surface area (Å²) in [5.41, 5.74) is 4.12. The van der Waals surface area contributed by atoms with E-state index >= 15 is 0 Å². The second kappa shape index (κ2) is 20.8. The quantitative estimate of drug-likeness (QED) is 0.0482. The van der Waals surface area contributed by atoms with Crippen molar-refractivity contribution >= 4 is 61.7 Å². The molecule has 0 N–H and O–H groups in total. The van der Waals surface area contributed by atoms with E-state index in [4.69, 9.17) is 33.4 Å². The van der Waals surface area contributed by atoms with Gasteiger partial charge < -0.3 is 33.3 Å². The number of hydrogen-bond donors (Lipinski definition) is 0. The van der Waals surface area contributed by atoms with Crippen LogP contribution in [0.3, 0.4) is 0 Å². The van der Waals surface area contributed by atoms with E-state index in [2.05, 4.69) is 57.9 Å². The smallest absolute Gasteiger partial charge is 0.414 e. The summed E-state index contributed by atoms with van der Waals surface area (Å²) in [4.78, 5) is 26.3. The average molecular weight is 821 g/mol. The van der Waals surface area contributed by atoms with Crippen molar-refractivity contribution in [3.05, 3.63) is 60.8 Å². The molecule has 2 heterocycles.